The van der Waals surface area contributed by atoms with Gasteiger partial charge in [0.1, 0.15) is 5.78 Å². The van der Waals surface area contributed by atoms with Crippen molar-refractivity contribution < 1.29 is 9.59 Å². The van der Waals surface area contributed by atoms with Gasteiger partial charge in [-0.3, -0.25) is 9.59 Å². The number of benzene rings is 1. The van der Waals surface area contributed by atoms with Crippen LogP contribution in [0.3, 0.4) is 0 Å². The first-order valence-electron chi connectivity index (χ1n) is 7.54. The molecule has 2 unspecified atom stereocenters. The molecule has 1 aromatic carbocycles. The summed E-state index contributed by atoms with van der Waals surface area (Å²) < 4.78 is 0. The third-order valence-electron chi connectivity index (χ3n) is 4.87. The van der Waals surface area contributed by atoms with Crippen LogP contribution in [0.2, 0.25) is 0 Å². The van der Waals surface area contributed by atoms with Gasteiger partial charge in [0.2, 0.25) is 5.91 Å². The average Bonchev–Trinajstić information content (AvgIpc) is 2.47. The maximum Gasteiger partial charge on any atom is 0.231 e. The Balaban J connectivity index is 1.78. The molecule has 0 aromatic heterocycles. The van der Waals surface area contributed by atoms with E-state index in [9.17, 15) is 9.59 Å². The van der Waals surface area contributed by atoms with Crippen molar-refractivity contribution in [2.75, 3.05) is 0 Å². The number of Topliss-reactive ketones (excluding diaryl/α,β-unsaturated/α-hetero) is 1. The summed E-state index contributed by atoms with van der Waals surface area (Å²) in [5.41, 5.74) is 0.801. The Bertz CT molecular complexity index is 525. The van der Waals surface area contributed by atoms with Crippen LogP contribution in [0.5, 0.6) is 0 Å². The second-order valence-corrected chi connectivity index (χ2v) is 6.07. The van der Waals surface area contributed by atoms with Crippen LogP contribution in [0.1, 0.15) is 44.6 Å². The third-order valence-corrected chi connectivity index (χ3v) is 4.87. The number of β-lactam (4-membered cyclic amide) rings is 1. The maximum atomic E-state index is 12.6. The quantitative estimate of drug-likeness (QED) is 0.793. The fourth-order valence-corrected chi connectivity index (χ4v) is 3.97. The Hall–Kier alpha value is -1.64. The molecular weight excluding hydrogens is 250 g/mol. The van der Waals surface area contributed by atoms with Crippen LogP contribution in [0.15, 0.2) is 30.3 Å². The molecule has 0 radical (unpaired) electrons. The van der Waals surface area contributed by atoms with Crippen LogP contribution in [0.25, 0.3) is 0 Å². The van der Waals surface area contributed by atoms with Gasteiger partial charge in [0.25, 0.3) is 0 Å². The largest absolute Gasteiger partial charge is 0.334 e. The minimum atomic E-state index is -0.362. The lowest BCUT2D eigenvalue weighted by Gasteiger charge is -2.57. The lowest BCUT2D eigenvalue weighted by atomic mass is 9.61. The second-order valence-electron chi connectivity index (χ2n) is 6.07. The van der Waals surface area contributed by atoms with E-state index in [0.717, 1.165) is 24.8 Å². The molecule has 1 aliphatic heterocycles. The highest BCUT2D eigenvalue weighted by Crippen LogP contribution is 2.50. The van der Waals surface area contributed by atoms with Crippen molar-refractivity contribution in [1.82, 2.24) is 4.90 Å². The highest BCUT2D eigenvalue weighted by Gasteiger charge is 2.60. The summed E-state index contributed by atoms with van der Waals surface area (Å²) in [6, 6.07) is 10.3. The highest BCUT2D eigenvalue weighted by atomic mass is 16.2. The molecule has 20 heavy (non-hydrogen) atoms. The van der Waals surface area contributed by atoms with Gasteiger partial charge in [-0.15, -0.1) is 0 Å². The van der Waals surface area contributed by atoms with Gasteiger partial charge in [-0.25, -0.2) is 0 Å². The summed E-state index contributed by atoms with van der Waals surface area (Å²) >= 11 is 0. The van der Waals surface area contributed by atoms with Gasteiger partial charge >= 0.3 is 0 Å². The van der Waals surface area contributed by atoms with Crippen LogP contribution >= 0.6 is 0 Å². The minimum Gasteiger partial charge on any atom is -0.334 e. The average molecular weight is 271 g/mol. The van der Waals surface area contributed by atoms with Crippen molar-refractivity contribution in [3.05, 3.63) is 35.9 Å². The van der Waals surface area contributed by atoms with Crippen LogP contribution in [0.4, 0.5) is 0 Å². The van der Waals surface area contributed by atoms with E-state index in [2.05, 4.69) is 19.1 Å². The SMILES string of the molecule is CCC1N(Cc2ccccc2)C(=O)C12CCCC(=O)C2. The Morgan fingerprint density at radius 1 is 1.25 bits per heavy atom. The summed E-state index contributed by atoms with van der Waals surface area (Å²) in [5.74, 6) is 0.462. The predicted octanol–water partition coefficient (Wildman–Crippen LogP) is 2.94. The summed E-state index contributed by atoms with van der Waals surface area (Å²) in [5, 5.41) is 0. The number of nitrogens with zero attached hydrogens (tertiary/aromatic N) is 1. The monoisotopic (exact) mass is 271 g/mol. The zero-order chi connectivity index (χ0) is 14.2. The first-order valence-corrected chi connectivity index (χ1v) is 7.54. The number of ketones is 1. The Kier molecular flexibility index (Phi) is 3.36. The van der Waals surface area contributed by atoms with E-state index in [1.165, 1.54) is 0 Å². The zero-order valence-corrected chi connectivity index (χ0v) is 12.0. The second kappa shape index (κ2) is 5.04. The Morgan fingerprint density at radius 3 is 2.65 bits per heavy atom. The molecule has 1 spiro atoms. The molecule has 1 aromatic rings. The summed E-state index contributed by atoms with van der Waals surface area (Å²) in [6.07, 6.45) is 3.83. The molecule has 2 aliphatic rings. The molecule has 1 aliphatic carbocycles. The van der Waals surface area contributed by atoms with Crippen molar-refractivity contribution >= 4 is 11.7 Å². The topological polar surface area (TPSA) is 37.4 Å². The number of carbonyl (C=O) groups is 2. The van der Waals surface area contributed by atoms with E-state index in [1.54, 1.807) is 0 Å². The molecule has 2 fully saturated rings. The van der Waals surface area contributed by atoms with E-state index in [4.69, 9.17) is 0 Å². The van der Waals surface area contributed by atoms with Gasteiger partial charge in [0.15, 0.2) is 0 Å². The maximum absolute atomic E-state index is 12.6. The number of hydrogen-bond acceptors (Lipinski definition) is 2. The van der Waals surface area contributed by atoms with Gasteiger partial charge < -0.3 is 4.90 Å². The van der Waals surface area contributed by atoms with Gasteiger partial charge in [0, 0.05) is 25.4 Å². The molecule has 0 N–H and O–H groups in total. The number of hydrogen-bond donors (Lipinski definition) is 0. The van der Waals surface area contributed by atoms with Gasteiger partial charge in [-0.1, -0.05) is 37.3 Å². The molecule has 1 amide bonds. The van der Waals surface area contributed by atoms with Crippen molar-refractivity contribution in [2.45, 2.75) is 51.6 Å². The van der Waals surface area contributed by atoms with E-state index in [1.807, 2.05) is 23.1 Å². The van der Waals surface area contributed by atoms with Crippen LogP contribution in [0, 0.1) is 5.41 Å². The van der Waals surface area contributed by atoms with Crippen molar-refractivity contribution in [2.24, 2.45) is 5.41 Å². The number of rotatable bonds is 3. The molecular formula is C17H21NO2. The zero-order valence-electron chi connectivity index (χ0n) is 12.0. The number of likely N-dealkylation sites (tertiary alicyclic amines) is 1. The molecule has 1 saturated heterocycles. The van der Waals surface area contributed by atoms with Crippen LogP contribution in [-0.4, -0.2) is 22.6 Å². The Morgan fingerprint density at radius 2 is 2.00 bits per heavy atom. The lowest BCUT2D eigenvalue weighted by Crippen LogP contribution is -2.69. The smallest absolute Gasteiger partial charge is 0.231 e. The van der Waals surface area contributed by atoms with Gasteiger partial charge in [-0.05, 0) is 24.8 Å². The van der Waals surface area contributed by atoms with E-state index >= 15 is 0 Å². The molecule has 2 atom stereocenters. The number of amides is 1. The van der Waals surface area contributed by atoms with Gasteiger partial charge in [0.05, 0.1) is 5.41 Å². The van der Waals surface area contributed by atoms with Crippen LogP contribution in [-0.2, 0) is 16.1 Å². The molecule has 3 rings (SSSR count). The molecule has 1 saturated carbocycles. The fourth-order valence-electron chi connectivity index (χ4n) is 3.97. The van der Waals surface area contributed by atoms with Crippen molar-refractivity contribution in [3.8, 4) is 0 Å². The lowest BCUT2D eigenvalue weighted by molar-refractivity contribution is -0.180. The molecule has 3 nitrogen and oxygen atoms in total. The Labute approximate surface area is 120 Å². The summed E-state index contributed by atoms with van der Waals surface area (Å²) in [6.45, 7) is 2.80. The minimum absolute atomic E-state index is 0.196. The fraction of sp³-hybridized carbons (Fsp3) is 0.529. The molecule has 106 valence electrons. The van der Waals surface area contributed by atoms with Gasteiger partial charge in [-0.2, -0.15) is 0 Å². The molecule has 1 heterocycles. The third kappa shape index (κ3) is 1.96. The molecule has 3 heteroatoms. The highest BCUT2D eigenvalue weighted by molar-refractivity contribution is 5.96. The first kappa shape index (κ1) is 13.3. The predicted molar refractivity (Wildman–Crippen MR) is 77.0 cm³/mol. The molecule has 0 bridgehead atoms. The van der Waals surface area contributed by atoms with Crippen molar-refractivity contribution in [3.63, 3.8) is 0 Å². The normalized spacial score (nSPS) is 29.6. The van der Waals surface area contributed by atoms with E-state index < -0.39 is 0 Å². The van der Waals surface area contributed by atoms with E-state index in [-0.39, 0.29) is 23.1 Å². The summed E-state index contributed by atoms with van der Waals surface area (Å²) in [7, 11) is 0. The number of carbonyl (C=O) groups excluding carboxylic acids is 2. The van der Waals surface area contributed by atoms with E-state index in [0.29, 0.717) is 19.4 Å². The summed E-state index contributed by atoms with van der Waals surface area (Å²) in [4.78, 5) is 26.4. The van der Waals surface area contributed by atoms with Crippen LogP contribution < -0.4 is 0 Å². The first-order chi connectivity index (χ1) is 9.67. The standard InChI is InChI=1S/C17H21NO2/c1-2-15-17(10-6-9-14(19)11-17)16(20)18(15)12-13-7-4-3-5-8-13/h3-5,7-8,15H,2,6,9-12H2,1H3. The van der Waals surface area contributed by atoms with Crippen molar-refractivity contribution in [1.29, 1.82) is 0 Å².